The lowest BCUT2D eigenvalue weighted by Crippen LogP contribution is -2.52. The van der Waals surface area contributed by atoms with Crippen molar-refractivity contribution in [3.8, 4) is 0 Å². The number of hydrogen-bond donors (Lipinski definition) is 6. The summed E-state index contributed by atoms with van der Waals surface area (Å²) in [6.07, 6.45) is 2.86. The van der Waals surface area contributed by atoms with Crippen molar-refractivity contribution in [1.29, 1.82) is 0 Å². The zero-order chi connectivity index (χ0) is 24.4. The molecule has 1 aromatic heterocycles. The lowest BCUT2D eigenvalue weighted by Gasteiger charge is -2.20. The molecule has 0 spiro atoms. The number of halogens is 2. The highest BCUT2D eigenvalue weighted by Crippen LogP contribution is 2.18. The van der Waals surface area contributed by atoms with E-state index in [1.165, 1.54) is 0 Å². The molecule has 2 rings (SSSR count). The fraction of sp³-hybridized carbons (Fsp3) is 0.478. The predicted octanol–water partition coefficient (Wildman–Crippen LogP) is 1.28. The van der Waals surface area contributed by atoms with E-state index in [0.717, 1.165) is 17.1 Å². The van der Waals surface area contributed by atoms with Crippen LogP contribution in [0.1, 0.15) is 50.7 Å². The first kappa shape index (κ1) is 32.2. The SMILES string of the molecule is CC(C)(C)c1ncc(C[C@H](N)C(=O)N[C@@H](CCCN=C(N)N)C(=O)NCc2ccccc2)[nH]1.Cl.Cl. The number of aliphatic imine (C=N–C) groups is 1. The van der Waals surface area contributed by atoms with Crippen LogP contribution in [0, 0.1) is 0 Å². The zero-order valence-electron chi connectivity index (χ0n) is 20.4. The number of rotatable bonds is 11. The lowest BCUT2D eigenvalue weighted by atomic mass is 9.96. The summed E-state index contributed by atoms with van der Waals surface area (Å²) in [5, 5.41) is 5.64. The van der Waals surface area contributed by atoms with Crippen LogP contribution >= 0.6 is 24.8 Å². The van der Waals surface area contributed by atoms with E-state index in [1.807, 2.05) is 51.1 Å². The lowest BCUT2D eigenvalue weighted by molar-refractivity contribution is -0.129. The molecule has 1 aromatic carbocycles. The number of nitrogens with two attached hydrogens (primary N) is 3. The third-order valence-electron chi connectivity index (χ3n) is 5.00. The third-order valence-corrected chi connectivity index (χ3v) is 5.00. The van der Waals surface area contributed by atoms with E-state index >= 15 is 0 Å². The number of benzene rings is 1. The van der Waals surface area contributed by atoms with Gasteiger partial charge in [-0.1, -0.05) is 51.1 Å². The summed E-state index contributed by atoms with van der Waals surface area (Å²) in [5.74, 6) is 0.104. The zero-order valence-corrected chi connectivity index (χ0v) is 22.0. The Balaban J connectivity index is 0.00000578. The summed E-state index contributed by atoms with van der Waals surface area (Å²) in [4.78, 5) is 37.1. The molecule has 2 atom stereocenters. The second kappa shape index (κ2) is 15.2. The Bertz CT molecular complexity index is 940. The summed E-state index contributed by atoms with van der Waals surface area (Å²) in [5.41, 5.74) is 18.4. The van der Waals surface area contributed by atoms with E-state index in [9.17, 15) is 9.59 Å². The second-order valence-corrected chi connectivity index (χ2v) is 9.03. The fourth-order valence-corrected chi connectivity index (χ4v) is 3.13. The van der Waals surface area contributed by atoms with Crippen molar-refractivity contribution in [3.63, 3.8) is 0 Å². The number of aromatic nitrogens is 2. The van der Waals surface area contributed by atoms with Crippen LogP contribution in [0.25, 0.3) is 0 Å². The molecular weight excluding hydrogens is 491 g/mol. The standard InChI is InChI=1S/C23H36N8O2.2ClH/c1-23(2,3)21-29-14-16(30-21)12-17(24)19(32)31-18(10-7-11-27-22(25)26)20(33)28-13-15-8-5-4-6-9-15;;/h4-6,8-9,14,17-18H,7,10-13,24H2,1-3H3,(H,28,33)(H,29,30)(H,31,32)(H4,25,26,27);2*1H/t17-,18-;;/m0../s1. The molecular formula is C23H38Cl2N8O2. The minimum atomic E-state index is -0.833. The highest BCUT2D eigenvalue weighted by atomic mass is 35.5. The first-order chi connectivity index (χ1) is 15.6. The quantitative estimate of drug-likeness (QED) is 0.145. The summed E-state index contributed by atoms with van der Waals surface area (Å²) >= 11 is 0. The first-order valence-electron chi connectivity index (χ1n) is 11.0. The van der Waals surface area contributed by atoms with Crippen LogP contribution in [-0.2, 0) is 28.0 Å². The number of nitrogens with one attached hydrogen (secondary N) is 3. The van der Waals surface area contributed by atoms with Crippen LogP contribution in [0.2, 0.25) is 0 Å². The normalized spacial score (nSPS) is 12.3. The molecule has 10 nitrogen and oxygen atoms in total. The molecule has 12 heteroatoms. The molecule has 0 radical (unpaired) electrons. The Kier molecular flexibility index (Phi) is 14.0. The second-order valence-electron chi connectivity index (χ2n) is 9.03. The molecule has 35 heavy (non-hydrogen) atoms. The van der Waals surface area contributed by atoms with Crippen LogP contribution in [0.3, 0.4) is 0 Å². The number of carbonyl (C=O) groups is 2. The molecule has 0 fully saturated rings. The number of carbonyl (C=O) groups excluding carboxylic acids is 2. The molecule has 0 aliphatic heterocycles. The minimum absolute atomic E-state index is 0. The number of aromatic amines is 1. The van der Waals surface area contributed by atoms with Crippen LogP contribution in [0.15, 0.2) is 41.5 Å². The molecule has 0 aliphatic carbocycles. The summed E-state index contributed by atoms with van der Waals surface area (Å²) in [7, 11) is 0. The van der Waals surface area contributed by atoms with Gasteiger partial charge >= 0.3 is 0 Å². The third kappa shape index (κ3) is 11.4. The number of guanidine groups is 1. The Morgan fingerprint density at radius 2 is 1.77 bits per heavy atom. The van der Waals surface area contributed by atoms with E-state index in [0.29, 0.717) is 25.9 Å². The smallest absolute Gasteiger partial charge is 0.242 e. The van der Waals surface area contributed by atoms with Gasteiger partial charge in [0.25, 0.3) is 0 Å². The first-order valence-corrected chi connectivity index (χ1v) is 11.0. The van der Waals surface area contributed by atoms with Crippen molar-refractivity contribution in [2.45, 2.75) is 64.1 Å². The molecule has 1 heterocycles. The Hall–Kier alpha value is -2.82. The van der Waals surface area contributed by atoms with Gasteiger partial charge in [0.05, 0.1) is 6.04 Å². The van der Waals surface area contributed by atoms with E-state index in [-0.39, 0.29) is 48.5 Å². The van der Waals surface area contributed by atoms with Crippen LogP contribution < -0.4 is 27.8 Å². The van der Waals surface area contributed by atoms with Gasteiger partial charge in [0.1, 0.15) is 11.9 Å². The van der Waals surface area contributed by atoms with Gasteiger partial charge in [0, 0.05) is 36.8 Å². The maximum absolute atomic E-state index is 12.8. The Morgan fingerprint density at radius 1 is 1.11 bits per heavy atom. The topological polar surface area (TPSA) is 177 Å². The molecule has 9 N–H and O–H groups in total. The minimum Gasteiger partial charge on any atom is -0.370 e. The highest BCUT2D eigenvalue weighted by molar-refractivity contribution is 5.89. The van der Waals surface area contributed by atoms with Crippen LogP contribution in [-0.4, -0.2) is 46.4 Å². The highest BCUT2D eigenvalue weighted by Gasteiger charge is 2.25. The monoisotopic (exact) mass is 528 g/mol. The average Bonchev–Trinajstić information content (AvgIpc) is 3.23. The van der Waals surface area contributed by atoms with Gasteiger partial charge in [-0.3, -0.25) is 14.6 Å². The number of amides is 2. The largest absolute Gasteiger partial charge is 0.370 e. The van der Waals surface area contributed by atoms with Crippen LogP contribution in [0.5, 0.6) is 0 Å². The van der Waals surface area contributed by atoms with Gasteiger partial charge in [0.2, 0.25) is 11.8 Å². The Morgan fingerprint density at radius 3 is 2.34 bits per heavy atom. The van der Waals surface area contributed by atoms with E-state index in [4.69, 9.17) is 17.2 Å². The fourth-order valence-electron chi connectivity index (χ4n) is 3.13. The van der Waals surface area contributed by atoms with Crippen molar-refractivity contribution in [2.75, 3.05) is 6.54 Å². The van der Waals surface area contributed by atoms with Crippen molar-refractivity contribution in [2.24, 2.45) is 22.2 Å². The molecule has 0 bridgehead atoms. The number of hydrogen-bond acceptors (Lipinski definition) is 5. The molecule has 0 saturated carbocycles. The van der Waals surface area contributed by atoms with Crippen molar-refractivity contribution < 1.29 is 9.59 Å². The van der Waals surface area contributed by atoms with Crippen LogP contribution in [0.4, 0.5) is 0 Å². The van der Waals surface area contributed by atoms with E-state index < -0.39 is 18.0 Å². The van der Waals surface area contributed by atoms with Gasteiger partial charge in [-0.25, -0.2) is 4.98 Å². The number of H-pyrrole nitrogens is 1. The van der Waals surface area contributed by atoms with Gasteiger partial charge < -0.3 is 32.8 Å². The van der Waals surface area contributed by atoms with Gasteiger partial charge in [-0.05, 0) is 18.4 Å². The molecule has 0 unspecified atom stereocenters. The summed E-state index contributed by atoms with van der Waals surface area (Å²) < 4.78 is 0. The van der Waals surface area contributed by atoms with Crippen molar-refractivity contribution in [1.82, 2.24) is 20.6 Å². The number of nitrogens with zero attached hydrogens (tertiary/aromatic N) is 2. The maximum Gasteiger partial charge on any atom is 0.242 e. The summed E-state index contributed by atoms with van der Waals surface area (Å²) in [6.45, 7) is 6.85. The Labute approximate surface area is 219 Å². The molecule has 196 valence electrons. The average molecular weight is 530 g/mol. The molecule has 2 aromatic rings. The summed E-state index contributed by atoms with van der Waals surface area (Å²) in [6, 6.07) is 7.94. The predicted molar refractivity (Wildman–Crippen MR) is 144 cm³/mol. The van der Waals surface area contributed by atoms with Gasteiger partial charge in [0.15, 0.2) is 5.96 Å². The maximum atomic E-state index is 12.8. The van der Waals surface area contributed by atoms with Gasteiger partial charge in [-0.15, -0.1) is 24.8 Å². The van der Waals surface area contributed by atoms with Gasteiger partial charge in [-0.2, -0.15) is 0 Å². The molecule has 2 amide bonds. The molecule has 0 saturated heterocycles. The van der Waals surface area contributed by atoms with E-state index in [1.54, 1.807) is 6.20 Å². The van der Waals surface area contributed by atoms with Crippen molar-refractivity contribution >= 4 is 42.6 Å². The van der Waals surface area contributed by atoms with Crippen molar-refractivity contribution in [3.05, 3.63) is 53.6 Å². The van der Waals surface area contributed by atoms with E-state index in [2.05, 4.69) is 25.6 Å². The number of imidazole rings is 1. The molecule has 0 aliphatic rings.